The molecule has 4 aliphatic heterocycles. The van der Waals surface area contributed by atoms with Crippen LogP contribution in [0.3, 0.4) is 0 Å². The molecule has 146 valence electrons. The summed E-state index contributed by atoms with van der Waals surface area (Å²) in [6, 6.07) is 1.62. The zero-order valence-corrected chi connectivity index (χ0v) is 16.0. The molecule has 0 aromatic rings. The van der Waals surface area contributed by atoms with Gasteiger partial charge in [0.15, 0.2) is 0 Å². The van der Waals surface area contributed by atoms with Crippen molar-refractivity contribution >= 4 is 11.9 Å². The van der Waals surface area contributed by atoms with E-state index in [1.54, 1.807) is 12.2 Å². The lowest BCUT2D eigenvalue weighted by Gasteiger charge is -2.19. The van der Waals surface area contributed by atoms with E-state index in [0.717, 1.165) is 12.8 Å². The molecule has 28 heavy (non-hydrogen) atoms. The largest absolute Gasteiger partial charge is 0.466 e. The smallest absolute Gasteiger partial charge is 0.330 e. The van der Waals surface area contributed by atoms with Gasteiger partial charge in [-0.2, -0.15) is 0 Å². The SMILES string of the molecule is COC(=O)/C=C/[C@]12C3C=CC(C3)N1[C@H]2[C@@H]1N2C3C=CC(C3)[C@]12/C=C/C(=O)OC. The summed E-state index contributed by atoms with van der Waals surface area (Å²) >= 11 is 0. The molecule has 0 amide bonds. The van der Waals surface area contributed by atoms with E-state index in [1.807, 2.05) is 0 Å². The normalized spacial score (nSPS) is 53.1. The van der Waals surface area contributed by atoms with Crippen LogP contribution in [-0.2, 0) is 19.1 Å². The fraction of sp³-hybridized carbons (Fsp3) is 0.545. The minimum Gasteiger partial charge on any atom is -0.466 e. The Morgan fingerprint density at radius 3 is 1.64 bits per heavy atom. The third-order valence-corrected chi connectivity index (χ3v) is 8.00. The monoisotopic (exact) mass is 380 g/mol. The van der Waals surface area contributed by atoms with Crippen molar-refractivity contribution in [2.75, 3.05) is 14.2 Å². The van der Waals surface area contributed by atoms with Crippen LogP contribution in [0.2, 0.25) is 0 Å². The number of carbonyl (C=O) groups is 2. The Morgan fingerprint density at radius 1 is 0.821 bits per heavy atom. The van der Waals surface area contributed by atoms with Crippen LogP contribution in [0, 0.1) is 11.8 Å². The lowest BCUT2D eigenvalue weighted by atomic mass is 9.81. The van der Waals surface area contributed by atoms with Crippen LogP contribution in [0.1, 0.15) is 12.8 Å². The first kappa shape index (κ1) is 16.7. The summed E-state index contributed by atoms with van der Waals surface area (Å²) in [6.07, 6.45) is 18.9. The van der Waals surface area contributed by atoms with Gasteiger partial charge in [0.2, 0.25) is 0 Å². The molecule has 6 aliphatic rings. The number of hydrogen-bond acceptors (Lipinski definition) is 6. The number of esters is 2. The summed E-state index contributed by atoms with van der Waals surface area (Å²) < 4.78 is 9.67. The van der Waals surface area contributed by atoms with Gasteiger partial charge in [0.05, 0.1) is 37.4 Å². The Balaban J connectivity index is 1.35. The van der Waals surface area contributed by atoms with Crippen molar-refractivity contribution in [3.8, 4) is 0 Å². The van der Waals surface area contributed by atoms with Crippen molar-refractivity contribution < 1.29 is 19.1 Å². The van der Waals surface area contributed by atoms with Crippen LogP contribution >= 0.6 is 0 Å². The topological polar surface area (TPSA) is 58.6 Å². The Hall–Kier alpha value is -2.18. The Kier molecular flexibility index (Phi) is 3.14. The van der Waals surface area contributed by atoms with Crippen LogP contribution < -0.4 is 0 Å². The molecule has 6 heteroatoms. The van der Waals surface area contributed by atoms with E-state index in [4.69, 9.17) is 9.47 Å². The molecule has 2 aliphatic carbocycles. The first-order valence-corrected chi connectivity index (χ1v) is 10.1. The molecule has 4 fully saturated rings. The van der Waals surface area contributed by atoms with Gasteiger partial charge in [-0.15, -0.1) is 0 Å². The standard InChI is InChI=1S/C22H24N2O4/c1-27-17(25)7-9-21-13-3-5-15(11-13)23(21)19(21)20-22(10-8-18(26)28-2)14-4-6-16(12-14)24(20)22/h3-10,13-16,19-20H,11-12H2,1-2H3/b9-7+,10-8+/t13?,14?,15?,16?,19-,20-,21+,22+,23?,24?/m0/s1. The van der Waals surface area contributed by atoms with Crippen molar-refractivity contribution in [3.05, 3.63) is 48.6 Å². The second-order valence-corrected chi connectivity index (χ2v) is 8.78. The van der Waals surface area contributed by atoms with E-state index >= 15 is 0 Å². The van der Waals surface area contributed by atoms with Crippen molar-refractivity contribution in [1.29, 1.82) is 0 Å². The molecular formula is C22H24N2O4. The highest BCUT2D eigenvalue weighted by atomic mass is 16.5. The molecule has 0 saturated carbocycles. The van der Waals surface area contributed by atoms with E-state index in [9.17, 15) is 9.59 Å². The molecule has 0 aromatic heterocycles. The Morgan fingerprint density at radius 2 is 1.25 bits per heavy atom. The lowest BCUT2D eigenvalue weighted by Crippen LogP contribution is -2.31. The van der Waals surface area contributed by atoms with E-state index < -0.39 is 0 Å². The predicted molar refractivity (Wildman–Crippen MR) is 101 cm³/mol. The van der Waals surface area contributed by atoms with Crippen molar-refractivity contribution in [2.24, 2.45) is 11.8 Å². The summed E-state index contributed by atoms with van der Waals surface area (Å²) in [5.74, 6) is 0.284. The zero-order valence-electron chi connectivity index (χ0n) is 16.0. The van der Waals surface area contributed by atoms with Gasteiger partial charge in [0.1, 0.15) is 0 Å². The molecule has 4 bridgehead atoms. The first-order valence-electron chi connectivity index (χ1n) is 10.1. The fourth-order valence-corrected chi connectivity index (χ4v) is 6.96. The predicted octanol–water partition coefficient (Wildman–Crippen LogP) is 1.21. The second-order valence-electron chi connectivity index (χ2n) is 8.78. The molecule has 10 atom stereocenters. The number of piperidine rings is 2. The first-order chi connectivity index (χ1) is 13.6. The van der Waals surface area contributed by atoms with Crippen molar-refractivity contribution in [2.45, 2.75) is 48.1 Å². The zero-order chi connectivity index (χ0) is 19.3. The highest BCUT2D eigenvalue weighted by molar-refractivity contribution is 5.83. The molecule has 0 N–H and O–H groups in total. The summed E-state index contributed by atoms with van der Waals surface area (Å²) in [6.45, 7) is 0. The average molecular weight is 380 g/mol. The van der Waals surface area contributed by atoms with Gasteiger partial charge < -0.3 is 9.47 Å². The third kappa shape index (κ3) is 1.77. The van der Waals surface area contributed by atoms with Crippen molar-refractivity contribution in [1.82, 2.24) is 9.80 Å². The number of nitrogens with zero attached hydrogens (tertiary/aromatic N) is 2. The molecule has 4 heterocycles. The van der Waals surface area contributed by atoms with Crippen molar-refractivity contribution in [3.63, 3.8) is 0 Å². The Labute approximate surface area is 164 Å². The molecule has 6 unspecified atom stereocenters. The van der Waals surface area contributed by atoms with Gasteiger partial charge in [-0.1, -0.05) is 36.5 Å². The van der Waals surface area contributed by atoms with Gasteiger partial charge in [0.25, 0.3) is 0 Å². The number of hydrogen-bond donors (Lipinski definition) is 0. The highest BCUT2D eigenvalue weighted by Gasteiger charge is 2.85. The number of fused-ring (bicyclic) bond motifs is 10. The molecule has 6 rings (SSSR count). The highest BCUT2D eigenvalue weighted by Crippen LogP contribution is 2.72. The van der Waals surface area contributed by atoms with E-state index in [1.165, 1.54) is 14.2 Å². The summed E-state index contributed by atoms with van der Waals surface area (Å²) in [5.41, 5.74) is -0.178. The minimum absolute atomic E-state index is 0.0891. The number of methoxy groups -OCH3 is 2. The van der Waals surface area contributed by atoms with Gasteiger partial charge in [-0.3, -0.25) is 9.80 Å². The summed E-state index contributed by atoms with van der Waals surface area (Å²) in [5, 5.41) is 0. The van der Waals surface area contributed by atoms with Crippen LogP contribution in [0.25, 0.3) is 0 Å². The molecular weight excluding hydrogens is 356 g/mol. The Bertz CT molecular complexity index is 819. The van der Waals surface area contributed by atoms with E-state index in [-0.39, 0.29) is 23.0 Å². The maximum atomic E-state index is 11.8. The lowest BCUT2D eigenvalue weighted by molar-refractivity contribution is -0.135. The van der Waals surface area contributed by atoms with Gasteiger partial charge in [-0.05, 0) is 12.8 Å². The van der Waals surface area contributed by atoms with Crippen LogP contribution in [0.15, 0.2) is 48.6 Å². The van der Waals surface area contributed by atoms with Gasteiger partial charge >= 0.3 is 11.9 Å². The molecule has 6 nitrogen and oxygen atoms in total. The number of carbonyl (C=O) groups excluding carboxylic acids is 2. The van der Waals surface area contributed by atoms with Gasteiger partial charge in [0, 0.05) is 36.1 Å². The molecule has 0 aromatic carbocycles. The number of rotatable bonds is 5. The quantitative estimate of drug-likeness (QED) is 0.309. The fourth-order valence-electron chi connectivity index (χ4n) is 6.96. The van der Waals surface area contributed by atoms with Crippen LogP contribution in [0.5, 0.6) is 0 Å². The second kappa shape index (κ2) is 5.24. The summed E-state index contributed by atoms with van der Waals surface area (Å²) in [4.78, 5) is 28.7. The van der Waals surface area contributed by atoms with E-state index in [0.29, 0.717) is 36.0 Å². The van der Waals surface area contributed by atoms with Crippen LogP contribution in [-0.4, -0.2) is 71.2 Å². The molecule has 0 spiro atoms. The molecule has 0 radical (unpaired) electrons. The maximum absolute atomic E-state index is 11.8. The number of ether oxygens (including phenoxy) is 2. The average Bonchev–Trinajstić information content (AvgIpc) is 3.17. The minimum atomic E-state index is -0.301. The third-order valence-electron chi connectivity index (χ3n) is 8.00. The van der Waals surface area contributed by atoms with Crippen LogP contribution in [0.4, 0.5) is 0 Å². The molecule has 4 saturated heterocycles. The maximum Gasteiger partial charge on any atom is 0.330 e. The summed E-state index contributed by atoms with van der Waals surface area (Å²) in [7, 11) is 2.83. The van der Waals surface area contributed by atoms with E-state index in [2.05, 4.69) is 46.3 Å². The van der Waals surface area contributed by atoms with Gasteiger partial charge in [-0.25, -0.2) is 9.59 Å².